The standard InChI is InChI=1S/C25H42O3/c1-17(6-4-7-18(2)26)23-11-12-24-20(8-5-13-25(23,24)3)10-9-19-14-21(27)16-22(28)15-19/h9-10,17-18,21-24,26-28H,4-8,11-16H2,1-3H3/b20-10+/t17-,18-,21+,22+,23+,24-,25+/m0/s1. The van der Waals surface area contributed by atoms with E-state index in [9.17, 15) is 15.3 Å². The molecule has 3 nitrogen and oxygen atoms in total. The van der Waals surface area contributed by atoms with Crippen LogP contribution in [0.2, 0.25) is 0 Å². The molecule has 3 rings (SSSR count). The SMILES string of the molecule is C[C@H](O)CCC[C@H](C)[C@H]1CC[C@H]2/C(=C/C=C3C[C@@H](O)C[C@H](O)C3)CCC[C@]12C. The Balaban J connectivity index is 1.67. The van der Waals surface area contributed by atoms with E-state index in [1.807, 2.05) is 6.92 Å². The lowest BCUT2D eigenvalue weighted by Gasteiger charge is -2.44. The molecule has 3 aliphatic rings. The maximum absolute atomic E-state index is 9.94. The van der Waals surface area contributed by atoms with E-state index in [4.69, 9.17) is 0 Å². The van der Waals surface area contributed by atoms with Gasteiger partial charge in [0.2, 0.25) is 0 Å². The van der Waals surface area contributed by atoms with Crippen LogP contribution < -0.4 is 0 Å². The number of hydrogen-bond acceptors (Lipinski definition) is 3. The number of aliphatic hydroxyl groups is 3. The van der Waals surface area contributed by atoms with Crippen molar-refractivity contribution in [3.63, 3.8) is 0 Å². The third kappa shape index (κ3) is 5.09. The van der Waals surface area contributed by atoms with Crippen LogP contribution in [0, 0.1) is 23.2 Å². The first-order chi connectivity index (χ1) is 13.3. The number of fused-ring (bicyclic) bond motifs is 1. The van der Waals surface area contributed by atoms with Gasteiger partial charge in [-0.05, 0) is 87.9 Å². The van der Waals surface area contributed by atoms with Gasteiger partial charge in [-0.1, -0.05) is 50.0 Å². The van der Waals surface area contributed by atoms with Gasteiger partial charge in [0.25, 0.3) is 0 Å². The van der Waals surface area contributed by atoms with Crippen LogP contribution in [0.25, 0.3) is 0 Å². The fourth-order valence-corrected chi connectivity index (χ4v) is 6.68. The lowest BCUT2D eigenvalue weighted by Crippen LogP contribution is -2.36. The lowest BCUT2D eigenvalue weighted by molar-refractivity contribution is 0.0609. The summed E-state index contributed by atoms with van der Waals surface area (Å²) in [6.07, 6.45) is 15.3. The first kappa shape index (κ1) is 22.1. The van der Waals surface area contributed by atoms with E-state index in [0.717, 1.165) is 24.7 Å². The van der Waals surface area contributed by atoms with Gasteiger partial charge in [0.1, 0.15) is 0 Å². The maximum atomic E-state index is 9.94. The van der Waals surface area contributed by atoms with Crippen molar-refractivity contribution in [3.8, 4) is 0 Å². The average Bonchev–Trinajstić information content (AvgIpc) is 2.96. The van der Waals surface area contributed by atoms with Crippen LogP contribution >= 0.6 is 0 Å². The normalized spacial score (nSPS) is 39.6. The summed E-state index contributed by atoms with van der Waals surface area (Å²) in [4.78, 5) is 0. The molecule has 0 bridgehead atoms. The summed E-state index contributed by atoms with van der Waals surface area (Å²) in [5.41, 5.74) is 3.22. The zero-order valence-electron chi connectivity index (χ0n) is 18.2. The Morgan fingerprint density at radius 1 is 1.07 bits per heavy atom. The number of aliphatic hydroxyl groups excluding tert-OH is 3. The Bertz CT molecular complexity index is 566. The average molecular weight is 391 g/mol. The second kappa shape index (κ2) is 9.45. The summed E-state index contributed by atoms with van der Waals surface area (Å²) >= 11 is 0. The highest BCUT2D eigenvalue weighted by Crippen LogP contribution is 2.59. The van der Waals surface area contributed by atoms with E-state index in [2.05, 4.69) is 26.0 Å². The summed E-state index contributed by atoms with van der Waals surface area (Å²) in [7, 11) is 0. The van der Waals surface area contributed by atoms with Crippen molar-refractivity contribution in [3.05, 3.63) is 23.3 Å². The Morgan fingerprint density at radius 2 is 1.79 bits per heavy atom. The van der Waals surface area contributed by atoms with E-state index < -0.39 is 0 Å². The quantitative estimate of drug-likeness (QED) is 0.588. The first-order valence-corrected chi connectivity index (χ1v) is 11.7. The minimum Gasteiger partial charge on any atom is -0.393 e. The highest BCUT2D eigenvalue weighted by Gasteiger charge is 2.50. The predicted octanol–water partition coefficient (Wildman–Crippen LogP) is 5.15. The molecule has 0 aromatic carbocycles. The Morgan fingerprint density at radius 3 is 2.46 bits per heavy atom. The number of hydrogen-bond donors (Lipinski definition) is 3. The maximum Gasteiger partial charge on any atom is 0.0602 e. The largest absolute Gasteiger partial charge is 0.393 e. The third-order valence-corrected chi connectivity index (χ3v) is 8.08. The minimum absolute atomic E-state index is 0.173. The summed E-state index contributed by atoms with van der Waals surface area (Å²) in [5, 5.41) is 29.4. The third-order valence-electron chi connectivity index (χ3n) is 8.08. The molecule has 28 heavy (non-hydrogen) atoms. The molecule has 0 aromatic rings. The number of allylic oxidation sites excluding steroid dienone is 3. The van der Waals surface area contributed by atoms with Gasteiger partial charge < -0.3 is 15.3 Å². The summed E-state index contributed by atoms with van der Waals surface area (Å²) < 4.78 is 0. The van der Waals surface area contributed by atoms with Crippen molar-refractivity contribution in [2.24, 2.45) is 23.2 Å². The molecular weight excluding hydrogens is 348 g/mol. The molecule has 0 amide bonds. The second-order valence-electron chi connectivity index (χ2n) is 10.4. The van der Waals surface area contributed by atoms with Crippen molar-refractivity contribution in [2.45, 2.75) is 110 Å². The Hall–Kier alpha value is -0.640. The van der Waals surface area contributed by atoms with Crippen LogP contribution in [0.5, 0.6) is 0 Å². The van der Waals surface area contributed by atoms with Crippen LogP contribution in [0.3, 0.4) is 0 Å². The van der Waals surface area contributed by atoms with E-state index in [1.54, 1.807) is 5.57 Å². The fraction of sp³-hybridized carbons (Fsp3) is 0.840. The van der Waals surface area contributed by atoms with Crippen molar-refractivity contribution < 1.29 is 15.3 Å². The topological polar surface area (TPSA) is 60.7 Å². The van der Waals surface area contributed by atoms with Crippen molar-refractivity contribution in [2.75, 3.05) is 0 Å². The van der Waals surface area contributed by atoms with E-state index in [-0.39, 0.29) is 18.3 Å². The molecule has 160 valence electrons. The molecule has 0 aliphatic heterocycles. The zero-order chi connectivity index (χ0) is 20.3. The zero-order valence-corrected chi connectivity index (χ0v) is 18.2. The predicted molar refractivity (Wildman–Crippen MR) is 115 cm³/mol. The minimum atomic E-state index is -0.386. The monoisotopic (exact) mass is 390 g/mol. The van der Waals surface area contributed by atoms with Crippen LogP contribution in [0.4, 0.5) is 0 Å². The van der Waals surface area contributed by atoms with Crippen molar-refractivity contribution >= 4 is 0 Å². The van der Waals surface area contributed by atoms with Gasteiger partial charge in [-0.15, -0.1) is 0 Å². The van der Waals surface area contributed by atoms with E-state index in [1.165, 1.54) is 44.1 Å². The molecule has 3 fully saturated rings. The van der Waals surface area contributed by atoms with Crippen LogP contribution in [-0.4, -0.2) is 33.6 Å². The summed E-state index contributed by atoms with van der Waals surface area (Å²) in [5.74, 6) is 2.22. The molecule has 0 unspecified atom stereocenters. The van der Waals surface area contributed by atoms with Crippen LogP contribution in [0.15, 0.2) is 23.3 Å². The summed E-state index contributed by atoms with van der Waals surface area (Å²) in [6, 6.07) is 0. The molecular formula is C25H42O3. The van der Waals surface area contributed by atoms with E-state index >= 15 is 0 Å². The highest BCUT2D eigenvalue weighted by molar-refractivity contribution is 5.26. The molecule has 7 atom stereocenters. The molecule has 0 saturated heterocycles. The van der Waals surface area contributed by atoms with Gasteiger partial charge in [-0.25, -0.2) is 0 Å². The lowest BCUT2D eigenvalue weighted by atomic mass is 9.60. The smallest absolute Gasteiger partial charge is 0.0602 e. The van der Waals surface area contributed by atoms with Gasteiger partial charge in [0.15, 0.2) is 0 Å². The van der Waals surface area contributed by atoms with Gasteiger partial charge in [-0.2, -0.15) is 0 Å². The molecule has 0 radical (unpaired) electrons. The molecule has 3 aliphatic carbocycles. The van der Waals surface area contributed by atoms with Gasteiger partial charge in [-0.3, -0.25) is 0 Å². The number of rotatable bonds is 6. The first-order valence-electron chi connectivity index (χ1n) is 11.7. The molecule has 3 saturated carbocycles. The Labute approximate surface area is 171 Å². The summed E-state index contributed by atoms with van der Waals surface area (Å²) in [6.45, 7) is 6.87. The molecule has 3 N–H and O–H groups in total. The highest BCUT2D eigenvalue weighted by atomic mass is 16.3. The Kier molecular flexibility index (Phi) is 7.44. The molecule has 0 heterocycles. The molecule has 0 aromatic heterocycles. The van der Waals surface area contributed by atoms with Gasteiger partial charge in [0, 0.05) is 0 Å². The van der Waals surface area contributed by atoms with Crippen LogP contribution in [0.1, 0.15) is 91.4 Å². The van der Waals surface area contributed by atoms with Gasteiger partial charge >= 0.3 is 0 Å². The van der Waals surface area contributed by atoms with Crippen molar-refractivity contribution in [1.29, 1.82) is 0 Å². The second-order valence-corrected chi connectivity index (χ2v) is 10.4. The fourth-order valence-electron chi connectivity index (χ4n) is 6.68. The van der Waals surface area contributed by atoms with E-state index in [0.29, 0.717) is 30.6 Å². The molecule has 3 heteroatoms. The van der Waals surface area contributed by atoms with Crippen molar-refractivity contribution in [1.82, 2.24) is 0 Å². The molecule has 0 spiro atoms. The van der Waals surface area contributed by atoms with Gasteiger partial charge in [0.05, 0.1) is 18.3 Å². The van der Waals surface area contributed by atoms with Crippen LogP contribution in [-0.2, 0) is 0 Å².